The standard InChI is InChI=1S/C10H14N2O4S/c1-12(2)10(14)8-6-7(13)4-5-9(8)11-17(3,15)16/h4-6,11,13H,1-3H3. The number of aromatic hydroxyl groups is 1. The third-order valence-electron chi connectivity index (χ3n) is 1.94. The van der Waals surface area contributed by atoms with Crippen molar-refractivity contribution in [3.05, 3.63) is 23.8 Å². The molecule has 0 atom stereocenters. The molecular formula is C10H14N2O4S. The van der Waals surface area contributed by atoms with E-state index in [1.54, 1.807) is 0 Å². The third-order valence-corrected chi connectivity index (χ3v) is 2.53. The number of hydrogen-bond acceptors (Lipinski definition) is 4. The lowest BCUT2D eigenvalue weighted by Crippen LogP contribution is -2.23. The summed E-state index contributed by atoms with van der Waals surface area (Å²) < 4.78 is 24.5. The number of carbonyl (C=O) groups is 1. The summed E-state index contributed by atoms with van der Waals surface area (Å²) in [5.41, 5.74) is 0.240. The van der Waals surface area contributed by atoms with Crippen LogP contribution < -0.4 is 4.72 Å². The fourth-order valence-corrected chi connectivity index (χ4v) is 1.82. The summed E-state index contributed by atoms with van der Waals surface area (Å²) in [6.07, 6.45) is 0.990. The Kier molecular flexibility index (Phi) is 3.62. The quantitative estimate of drug-likeness (QED) is 0.771. The fourth-order valence-electron chi connectivity index (χ4n) is 1.24. The second kappa shape index (κ2) is 4.62. The van der Waals surface area contributed by atoms with Gasteiger partial charge in [-0.1, -0.05) is 0 Å². The number of carbonyl (C=O) groups excluding carboxylic acids is 1. The van der Waals surface area contributed by atoms with Gasteiger partial charge in [0.25, 0.3) is 5.91 Å². The molecule has 7 heteroatoms. The molecule has 0 fully saturated rings. The van der Waals surface area contributed by atoms with Gasteiger partial charge in [-0.15, -0.1) is 0 Å². The van der Waals surface area contributed by atoms with E-state index in [1.165, 1.54) is 37.2 Å². The summed E-state index contributed by atoms with van der Waals surface area (Å²) in [7, 11) is -0.398. The van der Waals surface area contributed by atoms with Crippen molar-refractivity contribution in [2.45, 2.75) is 0 Å². The number of nitrogens with zero attached hydrogens (tertiary/aromatic N) is 1. The third kappa shape index (κ3) is 3.63. The van der Waals surface area contributed by atoms with Gasteiger partial charge in [-0.25, -0.2) is 8.42 Å². The molecule has 0 saturated heterocycles. The summed E-state index contributed by atoms with van der Waals surface area (Å²) in [6.45, 7) is 0. The topological polar surface area (TPSA) is 86.7 Å². The van der Waals surface area contributed by atoms with Crippen LogP contribution in [0.2, 0.25) is 0 Å². The van der Waals surface area contributed by atoms with Crippen molar-refractivity contribution in [3.63, 3.8) is 0 Å². The number of phenolic OH excluding ortho intramolecular Hbond substituents is 1. The lowest BCUT2D eigenvalue weighted by molar-refractivity contribution is 0.0828. The van der Waals surface area contributed by atoms with Gasteiger partial charge in [-0.3, -0.25) is 9.52 Å². The van der Waals surface area contributed by atoms with Crippen molar-refractivity contribution < 1.29 is 18.3 Å². The Hall–Kier alpha value is -1.76. The highest BCUT2D eigenvalue weighted by atomic mass is 32.2. The largest absolute Gasteiger partial charge is 0.508 e. The average molecular weight is 258 g/mol. The first-order chi connectivity index (χ1) is 7.70. The summed E-state index contributed by atoms with van der Waals surface area (Å²) in [5.74, 6) is -0.499. The molecule has 0 radical (unpaired) electrons. The van der Waals surface area contributed by atoms with Crippen LogP contribution in [0.4, 0.5) is 5.69 Å². The van der Waals surface area contributed by atoms with Crippen molar-refractivity contribution in [2.24, 2.45) is 0 Å². The number of hydrogen-bond donors (Lipinski definition) is 2. The second-order valence-corrected chi connectivity index (χ2v) is 5.55. The van der Waals surface area contributed by atoms with Crippen LogP contribution in [0.1, 0.15) is 10.4 Å². The van der Waals surface area contributed by atoms with Gasteiger partial charge in [0.1, 0.15) is 5.75 Å². The first kappa shape index (κ1) is 13.3. The minimum absolute atomic E-state index is 0.0976. The molecule has 0 aliphatic heterocycles. The van der Waals surface area contributed by atoms with Crippen LogP contribution >= 0.6 is 0 Å². The molecule has 0 saturated carbocycles. The minimum Gasteiger partial charge on any atom is -0.508 e. The van der Waals surface area contributed by atoms with Gasteiger partial charge < -0.3 is 10.0 Å². The monoisotopic (exact) mass is 258 g/mol. The van der Waals surface area contributed by atoms with Crippen LogP contribution in [0.5, 0.6) is 5.75 Å². The highest BCUT2D eigenvalue weighted by Gasteiger charge is 2.16. The number of anilines is 1. The molecule has 6 nitrogen and oxygen atoms in total. The zero-order valence-electron chi connectivity index (χ0n) is 9.76. The lowest BCUT2D eigenvalue weighted by atomic mass is 10.1. The van der Waals surface area contributed by atoms with Crippen LogP contribution in [0.15, 0.2) is 18.2 Å². The predicted octanol–water partition coefficient (Wildman–Crippen LogP) is 0.466. The fraction of sp³-hybridized carbons (Fsp3) is 0.300. The van der Waals surface area contributed by atoms with E-state index in [-0.39, 0.29) is 17.0 Å². The Labute approximate surface area is 99.9 Å². The van der Waals surface area contributed by atoms with E-state index in [9.17, 15) is 18.3 Å². The maximum Gasteiger partial charge on any atom is 0.255 e. The van der Waals surface area contributed by atoms with Crippen molar-refractivity contribution in [2.75, 3.05) is 25.1 Å². The molecule has 0 unspecified atom stereocenters. The van der Waals surface area contributed by atoms with Crippen LogP contribution in [0, 0.1) is 0 Å². The summed E-state index contributed by atoms with van der Waals surface area (Å²) in [6, 6.07) is 3.86. The lowest BCUT2D eigenvalue weighted by Gasteiger charge is -2.14. The van der Waals surface area contributed by atoms with Crippen LogP contribution in [0.25, 0.3) is 0 Å². The van der Waals surface area contributed by atoms with Crippen molar-refractivity contribution in [3.8, 4) is 5.75 Å². The molecule has 0 aliphatic carbocycles. The van der Waals surface area contributed by atoms with E-state index >= 15 is 0 Å². The molecule has 0 spiro atoms. The zero-order valence-corrected chi connectivity index (χ0v) is 10.6. The summed E-state index contributed by atoms with van der Waals surface area (Å²) in [5, 5.41) is 9.32. The number of benzene rings is 1. The zero-order chi connectivity index (χ0) is 13.2. The van der Waals surface area contributed by atoms with Crippen molar-refractivity contribution >= 4 is 21.6 Å². The Bertz CT molecular complexity index is 537. The van der Waals surface area contributed by atoms with Gasteiger partial charge in [0.2, 0.25) is 10.0 Å². The van der Waals surface area contributed by atoms with Crippen molar-refractivity contribution in [1.29, 1.82) is 0 Å². The van der Waals surface area contributed by atoms with Crippen LogP contribution in [-0.4, -0.2) is 44.7 Å². The van der Waals surface area contributed by atoms with E-state index in [0.717, 1.165) is 6.26 Å². The van der Waals surface area contributed by atoms with Gasteiger partial charge in [0.05, 0.1) is 17.5 Å². The Balaban J connectivity index is 3.26. The molecule has 94 valence electrons. The first-order valence-electron chi connectivity index (χ1n) is 4.73. The number of phenols is 1. The molecule has 1 aromatic carbocycles. The SMILES string of the molecule is CN(C)C(=O)c1cc(O)ccc1NS(C)(=O)=O. The van der Waals surface area contributed by atoms with Gasteiger partial charge in [-0.05, 0) is 18.2 Å². The number of nitrogens with one attached hydrogen (secondary N) is 1. The maximum atomic E-state index is 11.8. The van der Waals surface area contributed by atoms with E-state index in [0.29, 0.717) is 0 Å². The number of sulfonamides is 1. The van der Waals surface area contributed by atoms with E-state index < -0.39 is 15.9 Å². The van der Waals surface area contributed by atoms with Gasteiger partial charge in [0.15, 0.2) is 0 Å². The minimum atomic E-state index is -3.47. The van der Waals surface area contributed by atoms with Crippen molar-refractivity contribution in [1.82, 2.24) is 4.90 Å². The molecule has 1 amide bonds. The molecule has 1 rings (SSSR count). The molecular weight excluding hydrogens is 244 g/mol. The first-order valence-corrected chi connectivity index (χ1v) is 6.62. The van der Waals surface area contributed by atoms with E-state index in [4.69, 9.17) is 0 Å². The highest BCUT2D eigenvalue weighted by molar-refractivity contribution is 7.92. The predicted molar refractivity (Wildman–Crippen MR) is 64.6 cm³/mol. The van der Waals surface area contributed by atoms with E-state index in [2.05, 4.69) is 4.72 Å². The van der Waals surface area contributed by atoms with Crippen LogP contribution in [0.3, 0.4) is 0 Å². The molecule has 17 heavy (non-hydrogen) atoms. The molecule has 0 bridgehead atoms. The molecule has 1 aromatic rings. The van der Waals surface area contributed by atoms with E-state index in [1.807, 2.05) is 0 Å². The number of amides is 1. The molecule has 0 aromatic heterocycles. The van der Waals surface area contributed by atoms with Crippen LogP contribution in [-0.2, 0) is 10.0 Å². The van der Waals surface area contributed by atoms with Gasteiger partial charge in [0, 0.05) is 14.1 Å². The Morgan fingerprint density at radius 2 is 1.94 bits per heavy atom. The summed E-state index contributed by atoms with van der Waals surface area (Å²) >= 11 is 0. The normalized spacial score (nSPS) is 11.0. The molecule has 2 N–H and O–H groups in total. The Morgan fingerprint density at radius 1 is 1.35 bits per heavy atom. The summed E-state index contributed by atoms with van der Waals surface area (Å²) in [4.78, 5) is 13.1. The second-order valence-electron chi connectivity index (χ2n) is 3.80. The average Bonchev–Trinajstić information content (AvgIpc) is 2.17. The highest BCUT2D eigenvalue weighted by Crippen LogP contribution is 2.23. The van der Waals surface area contributed by atoms with Gasteiger partial charge in [-0.2, -0.15) is 0 Å². The Morgan fingerprint density at radius 3 is 2.41 bits per heavy atom. The smallest absolute Gasteiger partial charge is 0.255 e. The number of rotatable bonds is 3. The molecule has 0 heterocycles. The van der Waals surface area contributed by atoms with Gasteiger partial charge >= 0.3 is 0 Å². The maximum absolute atomic E-state index is 11.8. The molecule has 0 aliphatic rings.